The van der Waals surface area contributed by atoms with Crippen LogP contribution in [0.15, 0.2) is 48.5 Å². The summed E-state index contributed by atoms with van der Waals surface area (Å²) in [5.74, 6) is -0.227. The number of halogens is 3. The molecule has 4 nitrogen and oxygen atoms in total. The van der Waals surface area contributed by atoms with Crippen LogP contribution in [-0.4, -0.2) is 23.4 Å². The van der Waals surface area contributed by atoms with Gasteiger partial charge in [0.05, 0.1) is 16.8 Å². The van der Waals surface area contributed by atoms with Gasteiger partial charge in [0.2, 0.25) is 5.91 Å². The highest BCUT2D eigenvalue weighted by atomic mass is 19.4. The molecular formula is C22H22F3N3O. The summed E-state index contributed by atoms with van der Waals surface area (Å²) >= 11 is 0. The quantitative estimate of drug-likeness (QED) is 0.700. The number of rotatable bonds is 7. The standard InChI is InChI=1S/C22H22F3N3O/c1-15(16-6-4-7-18(13-16)22(23,24)25)28(19-9-10-19)12-11-21(29)27-20-8-3-2-5-17(20)14-26/h2-8,13,15,19H,9-12H2,1H3,(H,27,29). The first-order valence-electron chi connectivity index (χ1n) is 9.51. The Kier molecular flexibility index (Phi) is 6.23. The molecule has 152 valence electrons. The summed E-state index contributed by atoms with van der Waals surface area (Å²) in [6, 6.07) is 14.2. The zero-order valence-electron chi connectivity index (χ0n) is 16.0. The lowest BCUT2D eigenvalue weighted by Gasteiger charge is -2.29. The fourth-order valence-electron chi connectivity index (χ4n) is 3.40. The summed E-state index contributed by atoms with van der Waals surface area (Å²) < 4.78 is 39.1. The lowest BCUT2D eigenvalue weighted by atomic mass is 10.0. The van der Waals surface area contributed by atoms with E-state index in [0.29, 0.717) is 23.4 Å². The van der Waals surface area contributed by atoms with Crippen molar-refractivity contribution in [2.45, 2.75) is 44.4 Å². The number of benzene rings is 2. The molecule has 1 atom stereocenters. The van der Waals surface area contributed by atoms with E-state index in [1.165, 1.54) is 12.1 Å². The molecule has 7 heteroatoms. The summed E-state index contributed by atoms with van der Waals surface area (Å²) in [5.41, 5.74) is 0.770. The summed E-state index contributed by atoms with van der Waals surface area (Å²) in [6.07, 6.45) is -2.24. The molecule has 2 aromatic rings. The van der Waals surface area contributed by atoms with E-state index in [2.05, 4.69) is 10.2 Å². The summed E-state index contributed by atoms with van der Waals surface area (Å²) in [5, 5.41) is 11.9. The number of hydrogen-bond donors (Lipinski definition) is 1. The largest absolute Gasteiger partial charge is 0.416 e. The molecule has 1 aliphatic carbocycles. The monoisotopic (exact) mass is 401 g/mol. The molecule has 1 fully saturated rings. The number of nitriles is 1. The van der Waals surface area contributed by atoms with E-state index in [-0.39, 0.29) is 24.4 Å². The molecular weight excluding hydrogens is 379 g/mol. The third-order valence-corrected chi connectivity index (χ3v) is 5.13. The van der Waals surface area contributed by atoms with Gasteiger partial charge in [-0.2, -0.15) is 18.4 Å². The van der Waals surface area contributed by atoms with Crippen molar-refractivity contribution in [1.82, 2.24) is 4.90 Å². The van der Waals surface area contributed by atoms with Gasteiger partial charge in [0.15, 0.2) is 0 Å². The Morgan fingerprint density at radius 2 is 1.97 bits per heavy atom. The van der Waals surface area contributed by atoms with Crippen molar-refractivity contribution < 1.29 is 18.0 Å². The van der Waals surface area contributed by atoms with Crippen LogP contribution in [0.1, 0.15) is 48.9 Å². The Morgan fingerprint density at radius 3 is 2.62 bits per heavy atom. The normalized spacial score (nSPS) is 15.0. The Bertz CT molecular complexity index is 916. The van der Waals surface area contributed by atoms with Gasteiger partial charge < -0.3 is 5.32 Å². The second-order valence-corrected chi connectivity index (χ2v) is 7.22. The molecule has 1 aliphatic rings. The predicted octanol–water partition coefficient (Wildman–Crippen LogP) is 5.13. The van der Waals surface area contributed by atoms with E-state index < -0.39 is 11.7 Å². The fraction of sp³-hybridized carbons (Fsp3) is 0.364. The van der Waals surface area contributed by atoms with Crippen molar-refractivity contribution in [2.24, 2.45) is 0 Å². The highest BCUT2D eigenvalue weighted by molar-refractivity contribution is 5.92. The van der Waals surface area contributed by atoms with Gasteiger partial charge in [0.25, 0.3) is 0 Å². The molecule has 0 aromatic heterocycles. The van der Waals surface area contributed by atoms with Crippen molar-refractivity contribution in [1.29, 1.82) is 5.26 Å². The van der Waals surface area contributed by atoms with Crippen LogP contribution in [0.2, 0.25) is 0 Å². The molecule has 0 saturated heterocycles. The zero-order valence-corrected chi connectivity index (χ0v) is 16.0. The van der Waals surface area contributed by atoms with Crippen LogP contribution in [0.25, 0.3) is 0 Å². The number of carbonyl (C=O) groups excluding carboxylic acids is 1. The number of hydrogen-bond acceptors (Lipinski definition) is 3. The highest BCUT2D eigenvalue weighted by Gasteiger charge is 2.35. The number of amides is 1. The van der Waals surface area contributed by atoms with Gasteiger partial charge in [-0.1, -0.05) is 24.3 Å². The Labute approximate surface area is 167 Å². The van der Waals surface area contributed by atoms with Gasteiger partial charge in [-0.3, -0.25) is 9.69 Å². The average Bonchev–Trinajstić information content (AvgIpc) is 3.53. The van der Waals surface area contributed by atoms with E-state index in [1.54, 1.807) is 30.3 Å². The van der Waals surface area contributed by atoms with E-state index in [4.69, 9.17) is 5.26 Å². The fourth-order valence-corrected chi connectivity index (χ4v) is 3.40. The first kappa shape index (κ1) is 20.9. The van der Waals surface area contributed by atoms with Gasteiger partial charge >= 0.3 is 6.18 Å². The van der Waals surface area contributed by atoms with Crippen LogP contribution >= 0.6 is 0 Å². The molecule has 3 rings (SSSR count). The van der Waals surface area contributed by atoms with Crippen LogP contribution in [0.5, 0.6) is 0 Å². The second kappa shape index (κ2) is 8.66. The van der Waals surface area contributed by atoms with Gasteiger partial charge in [-0.25, -0.2) is 0 Å². The van der Waals surface area contributed by atoms with Crippen molar-refractivity contribution in [3.05, 3.63) is 65.2 Å². The Hall–Kier alpha value is -2.85. The first-order chi connectivity index (χ1) is 13.8. The topological polar surface area (TPSA) is 56.1 Å². The molecule has 0 aliphatic heterocycles. The SMILES string of the molecule is CC(c1cccc(C(F)(F)F)c1)N(CCC(=O)Nc1ccccc1C#N)C1CC1. The van der Waals surface area contributed by atoms with Crippen molar-refractivity contribution >= 4 is 11.6 Å². The first-order valence-corrected chi connectivity index (χ1v) is 9.51. The van der Waals surface area contributed by atoms with E-state index in [1.807, 2.05) is 13.0 Å². The van der Waals surface area contributed by atoms with E-state index in [9.17, 15) is 18.0 Å². The van der Waals surface area contributed by atoms with Crippen LogP contribution < -0.4 is 5.32 Å². The summed E-state index contributed by atoms with van der Waals surface area (Å²) in [7, 11) is 0. The predicted molar refractivity (Wildman–Crippen MR) is 104 cm³/mol. The third-order valence-electron chi connectivity index (χ3n) is 5.13. The summed E-state index contributed by atoms with van der Waals surface area (Å²) in [6.45, 7) is 2.30. The number of nitrogens with one attached hydrogen (secondary N) is 1. The lowest BCUT2D eigenvalue weighted by Crippen LogP contribution is -2.32. The van der Waals surface area contributed by atoms with Gasteiger partial charge in [-0.05, 0) is 49.6 Å². The Balaban J connectivity index is 1.66. The van der Waals surface area contributed by atoms with Gasteiger partial charge in [0.1, 0.15) is 6.07 Å². The molecule has 0 heterocycles. The Morgan fingerprint density at radius 1 is 1.24 bits per heavy atom. The minimum absolute atomic E-state index is 0.194. The number of anilines is 1. The number of para-hydroxylation sites is 1. The molecule has 1 saturated carbocycles. The van der Waals surface area contributed by atoms with Crippen LogP contribution in [0, 0.1) is 11.3 Å². The lowest BCUT2D eigenvalue weighted by molar-refractivity contribution is -0.137. The molecule has 0 radical (unpaired) electrons. The molecule has 2 aromatic carbocycles. The molecule has 1 N–H and O–H groups in total. The molecule has 1 unspecified atom stereocenters. The van der Waals surface area contributed by atoms with Crippen LogP contribution in [0.3, 0.4) is 0 Å². The molecule has 0 bridgehead atoms. The minimum Gasteiger partial charge on any atom is -0.325 e. The van der Waals surface area contributed by atoms with E-state index in [0.717, 1.165) is 18.9 Å². The highest BCUT2D eigenvalue weighted by Crippen LogP contribution is 2.36. The van der Waals surface area contributed by atoms with Gasteiger partial charge in [0, 0.05) is 25.0 Å². The third kappa shape index (κ3) is 5.36. The van der Waals surface area contributed by atoms with Gasteiger partial charge in [-0.15, -0.1) is 0 Å². The maximum Gasteiger partial charge on any atom is 0.416 e. The average molecular weight is 401 g/mol. The van der Waals surface area contributed by atoms with Crippen molar-refractivity contribution in [3.63, 3.8) is 0 Å². The second-order valence-electron chi connectivity index (χ2n) is 7.22. The molecule has 29 heavy (non-hydrogen) atoms. The smallest absolute Gasteiger partial charge is 0.325 e. The zero-order chi connectivity index (χ0) is 21.0. The number of carbonyl (C=O) groups is 1. The summed E-state index contributed by atoms with van der Waals surface area (Å²) in [4.78, 5) is 14.5. The maximum absolute atomic E-state index is 13.0. The molecule has 0 spiro atoms. The van der Waals surface area contributed by atoms with E-state index >= 15 is 0 Å². The number of nitrogens with zero attached hydrogens (tertiary/aromatic N) is 2. The number of alkyl halides is 3. The van der Waals surface area contributed by atoms with Crippen LogP contribution in [-0.2, 0) is 11.0 Å². The van der Waals surface area contributed by atoms with Crippen LogP contribution in [0.4, 0.5) is 18.9 Å². The molecule has 1 amide bonds. The minimum atomic E-state index is -4.38. The van der Waals surface area contributed by atoms with Crippen molar-refractivity contribution in [2.75, 3.05) is 11.9 Å². The maximum atomic E-state index is 13.0. The van der Waals surface area contributed by atoms with Crippen molar-refractivity contribution in [3.8, 4) is 6.07 Å².